The number of nitrogens with zero attached hydrogens (tertiary/aromatic N) is 3. The highest BCUT2D eigenvalue weighted by Crippen LogP contribution is 2.26. The predicted octanol–water partition coefficient (Wildman–Crippen LogP) is 3.18. The van der Waals surface area contributed by atoms with Crippen molar-refractivity contribution in [1.82, 2.24) is 15.0 Å². The van der Waals surface area contributed by atoms with E-state index in [2.05, 4.69) is 20.3 Å². The van der Waals surface area contributed by atoms with Crippen LogP contribution in [0.25, 0.3) is 10.9 Å². The van der Waals surface area contributed by atoms with E-state index in [1.807, 2.05) is 6.07 Å². The van der Waals surface area contributed by atoms with Crippen molar-refractivity contribution in [3.8, 4) is 5.88 Å². The molecule has 3 heterocycles. The molecule has 2 aliphatic rings. The number of ether oxygens (including phenoxy) is 2. The van der Waals surface area contributed by atoms with Crippen molar-refractivity contribution in [2.75, 3.05) is 25.1 Å². The van der Waals surface area contributed by atoms with Gasteiger partial charge in [0.25, 0.3) is 0 Å². The number of anilines is 1. The van der Waals surface area contributed by atoms with E-state index in [1.54, 1.807) is 12.5 Å². The summed E-state index contributed by atoms with van der Waals surface area (Å²) in [4.78, 5) is 13.2. The number of hydrogen-bond donors (Lipinski definition) is 1. The van der Waals surface area contributed by atoms with E-state index < -0.39 is 0 Å². The first kappa shape index (κ1) is 15.6. The molecule has 1 aliphatic heterocycles. The molecule has 1 saturated carbocycles. The maximum Gasteiger partial charge on any atom is 0.214 e. The van der Waals surface area contributed by atoms with Gasteiger partial charge in [0.1, 0.15) is 12.1 Å². The van der Waals surface area contributed by atoms with Crippen molar-refractivity contribution < 1.29 is 9.47 Å². The first-order valence-corrected chi connectivity index (χ1v) is 8.96. The minimum atomic E-state index is 0.467. The zero-order valence-corrected chi connectivity index (χ0v) is 13.9. The van der Waals surface area contributed by atoms with Gasteiger partial charge in [-0.15, -0.1) is 0 Å². The molecule has 6 nitrogen and oxygen atoms in total. The Kier molecular flexibility index (Phi) is 4.74. The third-order valence-electron chi connectivity index (χ3n) is 4.93. The van der Waals surface area contributed by atoms with Gasteiger partial charge in [-0.05, 0) is 19.3 Å². The van der Waals surface area contributed by atoms with Crippen LogP contribution in [-0.2, 0) is 4.74 Å². The molecule has 24 heavy (non-hydrogen) atoms. The summed E-state index contributed by atoms with van der Waals surface area (Å²) in [6.07, 6.45) is 10.8. The summed E-state index contributed by atoms with van der Waals surface area (Å²) in [5, 5.41) is 4.58. The van der Waals surface area contributed by atoms with Gasteiger partial charge in [-0.25, -0.2) is 15.0 Å². The molecule has 0 bridgehead atoms. The number of pyridine rings is 1. The van der Waals surface area contributed by atoms with Gasteiger partial charge in [-0.2, -0.15) is 0 Å². The highest BCUT2D eigenvalue weighted by atomic mass is 16.5. The van der Waals surface area contributed by atoms with Crippen molar-refractivity contribution in [2.45, 2.75) is 44.6 Å². The van der Waals surface area contributed by atoms with Crippen LogP contribution in [0, 0.1) is 5.92 Å². The van der Waals surface area contributed by atoms with E-state index in [0.29, 0.717) is 24.4 Å². The van der Waals surface area contributed by atoms with Crippen LogP contribution in [-0.4, -0.2) is 40.8 Å². The topological polar surface area (TPSA) is 69.2 Å². The standard InChI is InChI=1S/C18H24N4O2/c1-2-4-14(5-3-1)22-18-15-8-17(19-9-16(15)20-12-21-18)24-11-13-6-7-23-10-13/h8-9,12-14H,1-7,10-11H2,(H,20,21,22). The van der Waals surface area contributed by atoms with Gasteiger partial charge >= 0.3 is 0 Å². The van der Waals surface area contributed by atoms with E-state index in [1.165, 1.54) is 32.1 Å². The summed E-state index contributed by atoms with van der Waals surface area (Å²) < 4.78 is 11.3. The van der Waals surface area contributed by atoms with Crippen molar-refractivity contribution >= 4 is 16.7 Å². The lowest BCUT2D eigenvalue weighted by molar-refractivity contribution is 0.165. The Hall–Kier alpha value is -1.95. The molecule has 1 aliphatic carbocycles. The van der Waals surface area contributed by atoms with Gasteiger partial charge in [0, 0.05) is 30.0 Å². The molecule has 2 aromatic rings. The molecule has 0 aromatic carbocycles. The first-order valence-electron chi connectivity index (χ1n) is 8.96. The average Bonchev–Trinajstić information content (AvgIpc) is 3.15. The number of nitrogens with one attached hydrogen (secondary N) is 1. The molecule has 4 rings (SSSR count). The minimum absolute atomic E-state index is 0.467. The lowest BCUT2D eigenvalue weighted by Crippen LogP contribution is -2.23. The van der Waals surface area contributed by atoms with Crippen LogP contribution in [0.3, 0.4) is 0 Å². The van der Waals surface area contributed by atoms with Crippen molar-refractivity contribution in [2.24, 2.45) is 5.92 Å². The molecular formula is C18H24N4O2. The number of fused-ring (bicyclic) bond motifs is 1. The van der Waals surface area contributed by atoms with Crippen LogP contribution in [0.4, 0.5) is 5.82 Å². The SMILES string of the molecule is c1nc(NC2CCCCC2)c2cc(OCC3CCOC3)ncc2n1. The van der Waals surface area contributed by atoms with E-state index >= 15 is 0 Å². The molecule has 1 unspecified atom stereocenters. The lowest BCUT2D eigenvalue weighted by atomic mass is 9.95. The van der Waals surface area contributed by atoms with Gasteiger partial charge in [-0.1, -0.05) is 19.3 Å². The van der Waals surface area contributed by atoms with Gasteiger partial charge in [0.15, 0.2) is 0 Å². The smallest absolute Gasteiger partial charge is 0.214 e. The molecular weight excluding hydrogens is 304 g/mol. The highest BCUT2D eigenvalue weighted by Gasteiger charge is 2.18. The third-order valence-corrected chi connectivity index (χ3v) is 4.93. The Labute approximate surface area is 142 Å². The van der Waals surface area contributed by atoms with Gasteiger partial charge < -0.3 is 14.8 Å². The quantitative estimate of drug-likeness (QED) is 0.909. The molecule has 1 N–H and O–H groups in total. The monoisotopic (exact) mass is 328 g/mol. The van der Waals surface area contributed by atoms with Gasteiger partial charge in [0.05, 0.1) is 24.9 Å². The summed E-state index contributed by atoms with van der Waals surface area (Å²) in [5.41, 5.74) is 0.847. The molecule has 2 fully saturated rings. The summed E-state index contributed by atoms with van der Waals surface area (Å²) in [6, 6.07) is 2.46. The molecule has 6 heteroatoms. The van der Waals surface area contributed by atoms with E-state index in [0.717, 1.165) is 36.4 Å². The van der Waals surface area contributed by atoms with Crippen LogP contribution >= 0.6 is 0 Å². The molecule has 0 spiro atoms. The summed E-state index contributed by atoms with van der Waals surface area (Å²) in [6.45, 7) is 2.27. The Morgan fingerprint density at radius 2 is 2.04 bits per heavy atom. The Bertz CT molecular complexity index is 682. The predicted molar refractivity (Wildman–Crippen MR) is 92.2 cm³/mol. The van der Waals surface area contributed by atoms with Gasteiger partial charge in [-0.3, -0.25) is 0 Å². The zero-order chi connectivity index (χ0) is 16.2. The fraction of sp³-hybridized carbons (Fsp3) is 0.611. The molecule has 0 radical (unpaired) electrons. The fourth-order valence-electron chi connectivity index (χ4n) is 3.49. The zero-order valence-electron chi connectivity index (χ0n) is 13.9. The van der Waals surface area contributed by atoms with Crippen molar-refractivity contribution in [3.63, 3.8) is 0 Å². The number of hydrogen-bond acceptors (Lipinski definition) is 6. The molecule has 128 valence electrons. The maximum atomic E-state index is 5.87. The Morgan fingerprint density at radius 1 is 1.12 bits per heavy atom. The number of rotatable bonds is 5. The molecule has 1 atom stereocenters. The highest BCUT2D eigenvalue weighted by molar-refractivity contribution is 5.89. The van der Waals surface area contributed by atoms with E-state index in [9.17, 15) is 0 Å². The average molecular weight is 328 g/mol. The van der Waals surface area contributed by atoms with Crippen LogP contribution in [0.15, 0.2) is 18.6 Å². The number of aromatic nitrogens is 3. The first-order chi connectivity index (χ1) is 11.9. The van der Waals surface area contributed by atoms with Crippen LogP contribution < -0.4 is 10.1 Å². The van der Waals surface area contributed by atoms with Crippen LogP contribution in [0.5, 0.6) is 5.88 Å². The lowest BCUT2D eigenvalue weighted by Gasteiger charge is -2.23. The maximum absolute atomic E-state index is 5.87. The van der Waals surface area contributed by atoms with Gasteiger partial charge in [0.2, 0.25) is 5.88 Å². The molecule has 1 saturated heterocycles. The summed E-state index contributed by atoms with van der Waals surface area (Å²) >= 11 is 0. The second-order valence-electron chi connectivity index (χ2n) is 6.78. The Balaban J connectivity index is 1.51. The Morgan fingerprint density at radius 3 is 2.88 bits per heavy atom. The van der Waals surface area contributed by atoms with Crippen LogP contribution in [0.1, 0.15) is 38.5 Å². The van der Waals surface area contributed by atoms with E-state index in [-0.39, 0.29) is 0 Å². The van der Waals surface area contributed by atoms with E-state index in [4.69, 9.17) is 9.47 Å². The third kappa shape index (κ3) is 3.59. The summed E-state index contributed by atoms with van der Waals surface area (Å²) in [5.74, 6) is 1.99. The van der Waals surface area contributed by atoms with Crippen LogP contribution in [0.2, 0.25) is 0 Å². The summed E-state index contributed by atoms with van der Waals surface area (Å²) in [7, 11) is 0. The molecule has 2 aromatic heterocycles. The van der Waals surface area contributed by atoms with Crippen molar-refractivity contribution in [1.29, 1.82) is 0 Å². The van der Waals surface area contributed by atoms with Crippen molar-refractivity contribution in [3.05, 3.63) is 18.6 Å². The normalized spacial score (nSPS) is 21.9. The minimum Gasteiger partial charge on any atom is -0.477 e. The largest absolute Gasteiger partial charge is 0.477 e. The molecule has 0 amide bonds. The fourth-order valence-corrected chi connectivity index (χ4v) is 3.49. The second-order valence-corrected chi connectivity index (χ2v) is 6.78. The second kappa shape index (κ2) is 7.30.